The second-order valence-corrected chi connectivity index (χ2v) is 4.91. The Morgan fingerprint density at radius 1 is 1.29 bits per heavy atom. The number of nitrogens with one attached hydrogen (secondary N) is 2. The number of halogens is 1. The number of alkyl halides is 1. The second-order valence-electron chi connectivity index (χ2n) is 4.53. The predicted octanol–water partition coefficient (Wildman–Crippen LogP) is 2.44. The molecule has 1 atom stereocenters. The topological polar surface area (TPSA) is 67.4 Å². The number of hydrogen-bond acceptors (Lipinski definition) is 3. The molecule has 0 saturated heterocycles. The monoisotopic (exact) mass is 312 g/mol. The Bertz CT molecular complexity index is 440. The lowest BCUT2D eigenvalue weighted by Crippen LogP contribution is -2.47. The number of benzene rings is 1. The maximum Gasteiger partial charge on any atom is 0.408 e. The Morgan fingerprint density at radius 2 is 2.00 bits per heavy atom. The van der Waals surface area contributed by atoms with Gasteiger partial charge in [0.1, 0.15) is 12.6 Å². The number of carbonyl (C=O) groups excluding carboxylic acids is 2. The first kappa shape index (κ1) is 17.3. The summed E-state index contributed by atoms with van der Waals surface area (Å²) in [6.45, 7) is 2.50. The molecule has 0 aliphatic rings. The molecule has 0 unspecified atom stereocenters. The molecule has 0 spiro atoms. The summed E-state index contributed by atoms with van der Waals surface area (Å²) in [6, 6.07) is 8.77. The Balaban J connectivity index is 2.42. The van der Waals surface area contributed by atoms with E-state index in [2.05, 4.69) is 10.6 Å². The number of alkyl carbamates (subject to hydrolysis) is 1. The first-order chi connectivity index (χ1) is 10.2. The van der Waals surface area contributed by atoms with Gasteiger partial charge in [-0.2, -0.15) is 0 Å². The van der Waals surface area contributed by atoms with E-state index >= 15 is 0 Å². The van der Waals surface area contributed by atoms with Gasteiger partial charge in [0, 0.05) is 12.4 Å². The highest BCUT2D eigenvalue weighted by molar-refractivity contribution is 6.18. The van der Waals surface area contributed by atoms with Gasteiger partial charge in [0.25, 0.3) is 0 Å². The summed E-state index contributed by atoms with van der Waals surface area (Å²) >= 11 is 5.52. The van der Waals surface area contributed by atoms with Gasteiger partial charge in [0.2, 0.25) is 5.91 Å². The molecule has 0 bridgehead atoms. The number of amides is 2. The van der Waals surface area contributed by atoms with Crippen molar-refractivity contribution in [1.29, 1.82) is 0 Å². The zero-order chi connectivity index (χ0) is 15.5. The third kappa shape index (κ3) is 6.99. The molecule has 0 radical (unpaired) electrons. The lowest BCUT2D eigenvalue weighted by atomic mass is 10.1. The average molecular weight is 313 g/mol. The lowest BCUT2D eigenvalue weighted by molar-refractivity contribution is -0.123. The van der Waals surface area contributed by atoms with Gasteiger partial charge < -0.3 is 15.4 Å². The summed E-state index contributed by atoms with van der Waals surface area (Å²) in [4.78, 5) is 23.6. The fourth-order valence-corrected chi connectivity index (χ4v) is 1.85. The molecule has 1 rings (SSSR count). The standard InChI is InChI=1S/C15H21ClN2O3/c1-2-6-13(14(19)17-10-9-16)18-15(20)21-11-12-7-4-3-5-8-12/h3-5,7-8,13H,2,6,9-11H2,1H3,(H,17,19)(H,18,20)/t13-/m0/s1. The van der Waals surface area contributed by atoms with E-state index in [0.29, 0.717) is 18.8 Å². The Morgan fingerprint density at radius 3 is 2.62 bits per heavy atom. The maximum absolute atomic E-state index is 11.9. The highest BCUT2D eigenvalue weighted by Gasteiger charge is 2.20. The van der Waals surface area contributed by atoms with Gasteiger partial charge in [-0.05, 0) is 12.0 Å². The maximum atomic E-state index is 11.9. The van der Waals surface area contributed by atoms with Crippen LogP contribution >= 0.6 is 11.6 Å². The van der Waals surface area contributed by atoms with Crippen LogP contribution in [0.4, 0.5) is 4.79 Å². The van der Waals surface area contributed by atoms with E-state index in [4.69, 9.17) is 16.3 Å². The van der Waals surface area contributed by atoms with Gasteiger partial charge in [-0.15, -0.1) is 11.6 Å². The smallest absolute Gasteiger partial charge is 0.408 e. The molecule has 5 nitrogen and oxygen atoms in total. The largest absolute Gasteiger partial charge is 0.445 e. The quantitative estimate of drug-likeness (QED) is 0.724. The van der Waals surface area contributed by atoms with E-state index in [1.54, 1.807) is 0 Å². The summed E-state index contributed by atoms with van der Waals surface area (Å²) in [6.07, 6.45) is 0.727. The molecular weight excluding hydrogens is 292 g/mol. The number of hydrogen-bond donors (Lipinski definition) is 2. The molecule has 0 saturated carbocycles. The minimum absolute atomic E-state index is 0.175. The van der Waals surface area contributed by atoms with Gasteiger partial charge in [-0.1, -0.05) is 43.7 Å². The van der Waals surface area contributed by atoms with Gasteiger partial charge in [0.15, 0.2) is 0 Å². The molecule has 2 N–H and O–H groups in total. The van der Waals surface area contributed by atoms with Crippen molar-refractivity contribution in [2.24, 2.45) is 0 Å². The van der Waals surface area contributed by atoms with Gasteiger partial charge in [-0.25, -0.2) is 4.79 Å². The van der Waals surface area contributed by atoms with E-state index in [9.17, 15) is 9.59 Å². The van der Waals surface area contributed by atoms with Gasteiger partial charge >= 0.3 is 6.09 Å². The Labute approximate surface area is 130 Å². The zero-order valence-electron chi connectivity index (χ0n) is 12.1. The molecule has 0 aromatic heterocycles. The average Bonchev–Trinajstić information content (AvgIpc) is 2.51. The fourth-order valence-electron chi connectivity index (χ4n) is 1.76. The van der Waals surface area contributed by atoms with Crippen LogP contribution in [-0.2, 0) is 16.1 Å². The minimum atomic E-state index is -0.599. The van der Waals surface area contributed by atoms with E-state index < -0.39 is 12.1 Å². The molecule has 0 heterocycles. The Hall–Kier alpha value is -1.75. The van der Waals surface area contributed by atoms with Crippen LogP contribution in [0.15, 0.2) is 30.3 Å². The predicted molar refractivity (Wildman–Crippen MR) is 82.2 cm³/mol. The molecule has 21 heavy (non-hydrogen) atoms. The van der Waals surface area contributed by atoms with Crippen LogP contribution < -0.4 is 10.6 Å². The summed E-state index contributed by atoms with van der Waals surface area (Å²) in [5, 5.41) is 5.24. The third-order valence-electron chi connectivity index (χ3n) is 2.79. The van der Waals surface area contributed by atoms with Crippen LogP contribution in [0, 0.1) is 0 Å². The second kappa shape index (κ2) is 10.0. The molecule has 0 aliphatic carbocycles. The lowest BCUT2D eigenvalue weighted by Gasteiger charge is -2.17. The van der Waals surface area contributed by atoms with Crippen molar-refractivity contribution in [2.45, 2.75) is 32.4 Å². The molecule has 2 amide bonds. The van der Waals surface area contributed by atoms with Crippen molar-refractivity contribution < 1.29 is 14.3 Å². The van der Waals surface area contributed by atoms with Crippen LogP contribution in [0.1, 0.15) is 25.3 Å². The first-order valence-electron chi connectivity index (χ1n) is 6.98. The number of carbonyl (C=O) groups is 2. The van der Waals surface area contributed by atoms with Gasteiger partial charge in [0.05, 0.1) is 0 Å². The number of ether oxygens (including phenoxy) is 1. The van der Waals surface area contributed by atoms with Crippen LogP contribution in [0.5, 0.6) is 0 Å². The zero-order valence-corrected chi connectivity index (χ0v) is 12.9. The molecule has 0 aliphatic heterocycles. The van der Waals surface area contributed by atoms with Crippen molar-refractivity contribution in [3.8, 4) is 0 Å². The van der Waals surface area contributed by atoms with Crippen LogP contribution in [-0.4, -0.2) is 30.5 Å². The van der Waals surface area contributed by atoms with Crippen LogP contribution in [0.2, 0.25) is 0 Å². The minimum Gasteiger partial charge on any atom is -0.445 e. The van der Waals surface area contributed by atoms with Crippen molar-refractivity contribution in [1.82, 2.24) is 10.6 Å². The third-order valence-corrected chi connectivity index (χ3v) is 2.98. The van der Waals surface area contributed by atoms with E-state index in [-0.39, 0.29) is 12.5 Å². The molecule has 1 aromatic rings. The highest BCUT2D eigenvalue weighted by atomic mass is 35.5. The van der Waals surface area contributed by atoms with Crippen molar-refractivity contribution in [3.05, 3.63) is 35.9 Å². The van der Waals surface area contributed by atoms with E-state index in [1.807, 2.05) is 37.3 Å². The fraction of sp³-hybridized carbons (Fsp3) is 0.467. The molecular formula is C15H21ClN2O3. The summed E-state index contributed by atoms with van der Waals surface area (Å²) in [7, 11) is 0. The number of rotatable bonds is 8. The normalized spacial score (nSPS) is 11.5. The van der Waals surface area contributed by atoms with E-state index in [0.717, 1.165) is 12.0 Å². The summed E-state index contributed by atoms with van der Waals surface area (Å²) in [5.41, 5.74) is 0.895. The first-order valence-corrected chi connectivity index (χ1v) is 7.51. The molecule has 116 valence electrons. The summed E-state index contributed by atoms with van der Waals surface area (Å²) in [5.74, 6) is 0.0948. The Kier molecular flexibility index (Phi) is 8.28. The summed E-state index contributed by atoms with van der Waals surface area (Å²) < 4.78 is 5.10. The molecule has 1 aromatic carbocycles. The molecule has 6 heteroatoms. The van der Waals surface area contributed by atoms with Crippen molar-refractivity contribution in [2.75, 3.05) is 12.4 Å². The van der Waals surface area contributed by atoms with Gasteiger partial charge in [-0.3, -0.25) is 4.79 Å². The van der Waals surface area contributed by atoms with Crippen LogP contribution in [0.3, 0.4) is 0 Å². The SMILES string of the molecule is CCC[C@H](NC(=O)OCc1ccccc1)C(=O)NCCCl. The highest BCUT2D eigenvalue weighted by Crippen LogP contribution is 2.02. The van der Waals surface area contributed by atoms with Crippen LogP contribution in [0.25, 0.3) is 0 Å². The van der Waals surface area contributed by atoms with Crippen molar-refractivity contribution in [3.63, 3.8) is 0 Å². The molecule has 0 fully saturated rings. The van der Waals surface area contributed by atoms with Crippen molar-refractivity contribution >= 4 is 23.6 Å². The van der Waals surface area contributed by atoms with E-state index in [1.165, 1.54) is 0 Å².